The summed E-state index contributed by atoms with van der Waals surface area (Å²) in [7, 11) is 0. The highest BCUT2D eigenvalue weighted by Gasteiger charge is 2.41. The SMILES string of the molecule is Oc1ncnn2c(C3CCC4(CC3)OCCO4)nc(Br)c12. The smallest absolute Gasteiger partial charge is 0.242 e. The van der Waals surface area contributed by atoms with Crippen molar-refractivity contribution in [3.05, 3.63) is 16.8 Å². The minimum atomic E-state index is -0.377. The highest BCUT2D eigenvalue weighted by molar-refractivity contribution is 9.10. The summed E-state index contributed by atoms with van der Waals surface area (Å²) in [4.78, 5) is 8.32. The number of fused-ring (bicyclic) bond motifs is 1. The third-order valence-corrected chi connectivity index (χ3v) is 4.87. The van der Waals surface area contributed by atoms with Crippen molar-refractivity contribution in [2.75, 3.05) is 13.2 Å². The van der Waals surface area contributed by atoms with Crippen molar-refractivity contribution in [3.8, 4) is 5.88 Å². The number of ether oxygens (including phenoxy) is 2. The Morgan fingerprint density at radius 1 is 1.29 bits per heavy atom. The Hall–Kier alpha value is -1.25. The molecule has 112 valence electrons. The maximum Gasteiger partial charge on any atom is 0.242 e. The van der Waals surface area contributed by atoms with Gasteiger partial charge in [0.2, 0.25) is 5.88 Å². The van der Waals surface area contributed by atoms with Gasteiger partial charge in [-0.05, 0) is 28.8 Å². The molecular formula is C13H15BrN4O3. The summed E-state index contributed by atoms with van der Waals surface area (Å²) in [5.41, 5.74) is 0.515. The van der Waals surface area contributed by atoms with Crippen LogP contribution in [0.2, 0.25) is 0 Å². The Morgan fingerprint density at radius 2 is 2.00 bits per heavy atom. The molecule has 1 aliphatic heterocycles. The predicted molar refractivity (Wildman–Crippen MR) is 76.0 cm³/mol. The summed E-state index contributed by atoms with van der Waals surface area (Å²) in [5.74, 6) is 0.682. The summed E-state index contributed by atoms with van der Waals surface area (Å²) in [5, 5.41) is 14.1. The molecule has 1 saturated carbocycles. The van der Waals surface area contributed by atoms with Crippen LogP contribution in [0.5, 0.6) is 5.88 Å². The molecule has 1 aliphatic carbocycles. The van der Waals surface area contributed by atoms with E-state index in [0.29, 0.717) is 23.3 Å². The van der Waals surface area contributed by atoms with Gasteiger partial charge in [-0.3, -0.25) is 0 Å². The van der Waals surface area contributed by atoms with Gasteiger partial charge in [0.15, 0.2) is 11.3 Å². The van der Waals surface area contributed by atoms with E-state index in [0.717, 1.165) is 31.5 Å². The van der Waals surface area contributed by atoms with Crippen LogP contribution in [0.4, 0.5) is 0 Å². The summed E-state index contributed by atoms with van der Waals surface area (Å²) in [6.07, 6.45) is 4.92. The Morgan fingerprint density at radius 3 is 2.71 bits per heavy atom. The van der Waals surface area contributed by atoms with Crippen LogP contribution in [0.25, 0.3) is 5.52 Å². The molecule has 0 unspecified atom stereocenters. The van der Waals surface area contributed by atoms with Crippen LogP contribution in [0.1, 0.15) is 37.4 Å². The maximum atomic E-state index is 9.85. The monoisotopic (exact) mass is 354 g/mol. The number of aromatic hydroxyl groups is 1. The zero-order valence-corrected chi connectivity index (χ0v) is 12.9. The Labute approximate surface area is 129 Å². The highest BCUT2D eigenvalue weighted by atomic mass is 79.9. The van der Waals surface area contributed by atoms with Gasteiger partial charge in [0, 0.05) is 18.8 Å². The Kier molecular flexibility index (Phi) is 3.13. The van der Waals surface area contributed by atoms with Gasteiger partial charge in [0.25, 0.3) is 0 Å². The Balaban J connectivity index is 1.64. The number of rotatable bonds is 1. The van der Waals surface area contributed by atoms with E-state index >= 15 is 0 Å². The van der Waals surface area contributed by atoms with Gasteiger partial charge in [-0.1, -0.05) is 0 Å². The number of imidazole rings is 1. The standard InChI is InChI=1S/C13H15BrN4O3/c14-10-9-12(19)15-7-16-18(9)11(17-10)8-1-3-13(4-2-8)20-5-6-21-13/h7-8H,1-6H2,(H,15,16,19). The quantitative estimate of drug-likeness (QED) is 0.843. The van der Waals surface area contributed by atoms with Gasteiger partial charge in [0.1, 0.15) is 16.8 Å². The number of hydrogen-bond acceptors (Lipinski definition) is 6. The van der Waals surface area contributed by atoms with Crippen molar-refractivity contribution in [2.45, 2.75) is 37.4 Å². The lowest BCUT2D eigenvalue weighted by molar-refractivity contribution is -0.179. The van der Waals surface area contributed by atoms with Crippen molar-refractivity contribution in [1.82, 2.24) is 19.6 Å². The summed E-state index contributed by atoms with van der Waals surface area (Å²) in [6, 6.07) is 0. The van der Waals surface area contributed by atoms with Gasteiger partial charge in [-0.25, -0.2) is 9.50 Å². The second-order valence-electron chi connectivity index (χ2n) is 5.49. The van der Waals surface area contributed by atoms with Crippen molar-refractivity contribution >= 4 is 21.4 Å². The first kappa shape index (κ1) is 13.4. The molecule has 0 aromatic carbocycles. The molecule has 0 amide bonds. The van der Waals surface area contributed by atoms with Crippen molar-refractivity contribution < 1.29 is 14.6 Å². The van der Waals surface area contributed by atoms with E-state index in [4.69, 9.17) is 9.47 Å². The number of aromatic nitrogens is 4. The van der Waals surface area contributed by atoms with Gasteiger partial charge in [-0.15, -0.1) is 0 Å². The predicted octanol–water partition coefficient (Wildman–Crippen LogP) is 1.99. The molecule has 2 aliphatic rings. The van der Waals surface area contributed by atoms with E-state index in [1.54, 1.807) is 4.52 Å². The molecule has 2 aromatic heterocycles. The minimum Gasteiger partial charge on any atom is -0.492 e. The summed E-state index contributed by atoms with van der Waals surface area (Å²) < 4.78 is 13.8. The van der Waals surface area contributed by atoms with Gasteiger partial charge in [-0.2, -0.15) is 10.1 Å². The lowest BCUT2D eigenvalue weighted by atomic mass is 9.84. The number of hydrogen-bond donors (Lipinski definition) is 1. The second-order valence-corrected chi connectivity index (χ2v) is 6.24. The molecule has 7 nitrogen and oxygen atoms in total. The van der Waals surface area contributed by atoms with Crippen LogP contribution in [-0.2, 0) is 9.47 Å². The average Bonchev–Trinajstić information content (AvgIpc) is 3.07. The van der Waals surface area contributed by atoms with Gasteiger partial charge < -0.3 is 14.6 Å². The molecule has 1 spiro atoms. The zero-order chi connectivity index (χ0) is 14.4. The fourth-order valence-corrected chi connectivity index (χ4v) is 3.79. The van der Waals surface area contributed by atoms with Crippen LogP contribution in [0, 0.1) is 0 Å². The van der Waals surface area contributed by atoms with E-state index in [9.17, 15) is 5.11 Å². The first-order valence-electron chi connectivity index (χ1n) is 7.04. The van der Waals surface area contributed by atoms with E-state index in [1.807, 2.05) is 0 Å². The third-order valence-electron chi connectivity index (χ3n) is 4.32. The molecule has 1 N–H and O–H groups in total. The minimum absolute atomic E-state index is 0.0645. The highest BCUT2D eigenvalue weighted by Crippen LogP contribution is 2.42. The molecule has 1 saturated heterocycles. The van der Waals surface area contributed by atoms with Crippen LogP contribution < -0.4 is 0 Å². The largest absolute Gasteiger partial charge is 0.492 e. The van der Waals surface area contributed by atoms with E-state index in [-0.39, 0.29) is 17.6 Å². The first-order valence-corrected chi connectivity index (χ1v) is 7.84. The van der Waals surface area contributed by atoms with E-state index < -0.39 is 0 Å². The molecule has 0 radical (unpaired) electrons. The fourth-order valence-electron chi connectivity index (χ4n) is 3.27. The average molecular weight is 355 g/mol. The van der Waals surface area contributed by atoms with E-state index in [2.05, 4.69) is 31.0 Å². The van der Waals surface area contributed by atoms with Crippen molar-refractivity contribution in [3.63, 3.8) is 0 Å². The first-order chi connectivity index (χ1) is 10.2. The third kappa shape index (κ3) is 2.13. The second kappa shape index (κ2) is 4.89. The molecule has 0 bridgehead atoms. The Bertz CT molecular complexity index is 673. The lowest BCUT2D eigenvalue weighted by Gasteiger charge is -2.34. The molecule has 2 fully saturated rings. The molecular weight excluding hydrogens is 340 g/mol. The molecule has 21 heavy (non-hydrogen) atoms. The maximum absolute atomic E-state index is 9.85. The summed E-state index contributed by atoms with van der Waals surface area (Å²) >= 11 is 3.37. The molecule has 4 rings (SSSR count). The normalized spacial score (nSPS) is 22.3. The molecule has 3 heterocycles. The van der Waals surface area contributed by atoms with Crippen LogP contribution >= 0.6 is 15.9 Å². The molecule has 2 aromatic rings. The fraction of sp³-hybridized carbons (Fsp3) is 0.615. The molecule has 8 heteroatoms. The van der Waals surface area contributed by atoms with Crippen LogP contribution in [0.15, 0.2) is 10.9 Å². The van der Waals surface area contributed by atoms with E-state index in [1.165, 1.54) is 6.33 Å². The topological polar surface area (TPSA) is 81.8 Å². The number of nitrogens with zero attached hydrogens (tertiary/aromatic N) is 4. The van der Waals surface area contributed by atoms with Crippen LogP contribution in [0.3, 0.4) is 0 Å². The summed E-state index contributed by atoms with van der Waals surface area (Å²) in [6.45, 7) is 1.37. The zero-order valence-electron chi connectivity index (χ0n) is 11.3. The number of halogens is 1. The van der Waals surface area contributed by atoms with Gasteiger partial charge in [0.05, 0.1) is 13.2 Å². The van der Waals surface area contributed by atoms with Gasteiger partial charge >= 0.3 is 0 Å². The van der Waals surface area contributed by atoms with Crippen LogP contribution in [-0.4, -0.2) is 43.7 Å². The van der Waals surface area contributed by atoms with Crippen molar-refractivity contribution in [2.24, 2.45) is 0 Å². The molecule has 0 atom stereocenters. The lowest BCUT2D eigenvalue weighted by Crippen LogP contribution is -2.35. The van der Waals surface area contributed by atoms with Crippen molar-refractivity contribution in [1.29, 1.82) is 0 Å².